The first-order chi connectivity index (χ1) is 9.06. The number of hydrogen-bond donors (Lipinski definition) is 2. The summed E-state index contributed by atoms with van der Waals surface area (Å²) >= 11 is 0. The normalized spacial score (nSPS) is 18.4. The largest absolute Gasteiger partial charge is 0.492 e. The summed E-state index contributed by atoms with van der Waals surface area (Å²) in [6.07, 6.45) is 5.89. The number of hydrogen-bond acceptors (Lipinski definition) is 3. The molecule has 6 heteroatoms. The van der Waals surface area contributed by atoms with E-state index in [0.29, 0.717) is 6.42 Å². The zero-order valence-electron chi connectivity index (χ0n) is 11.0. The first-order valence-electron chi connectivity index (χ1n) is 6.79. The summed E-state index contributed by atoms with van der Waals surface area (Å²) in [4.78, 5) is 24.9. The second kappa shape index (κ2) is 5.59. The van der Waals surface area contributed by atoms with Crippen LogP contribution in [0.1, 0.15) is 51.5 Å². The van der Waals surface area contributed by atoms with Gasteiger partial charge in [0, 0.05) is 6.04 Å². The number of nitrogens with one attached hydrogen (secondary N) is 1. The molecule has 0 spiro atoms. The van der Waals surface area contributed by atoms with Gasteiger partial charge in [0.05, 0.1) is 0 Å². The Morgan fingerprint density at radius 1 is 1.37 bits per heavy atom. The maximum Gasteiger partial charge on any atom is 0.331 e. The predicted octanol–water partition coefficient (Wildman–Crippen LogP) is 1.91. The third-order valence-electron chi connectivity index (χ3n) is 4.01. The molecule has 1 saturated carbocycles. The van der Waals surface area contributed by atoms with Crippen molar-refractivity contribution < 1.29 is 9.50 Å². The van der Waals surface area contributed by atoms with Gasteiger partial charge >= 0.3 is 5.69 Å². The lowest BCUT2D eigenvalue weighted by molar-refractivity contribution is 0.214. The van der Waals surface area contributed by atoms with E-state index in [4.69, 9.17) is 0 Å². The Morgan fingerprint density at radius 2 is 2.00 bits per heavy atom. The Labute approximate surface area is 110 Å². The third kappa shape index (κ3) is 2.57. The number of H-pyrrole nitrogens is 1. The summed E-state index contributed by atoms with van der Waals surface area (Å²) in [7, 11) is 0. The maximum atomic E-state index is 13.5. The van der Waals surface area contributed by atoms with Crippen LogP contribution in [-0.2, 0) is 0 Å². The topological polar surface area (TPSA) is 75.1 Å². The van der Waals surface area contributed by atoms with Crippen LogP contribution in [0.4, 0.5) is 4.39 Å². The molecule has 2 N–H and O–H groups in total. The average molecular weight is 270 g/mol. The summed E-state index contributed by atoms with van der Waals surface area (Å²) < 4.78 is 14.5. The average Bonchev–Trinajstić information content (AvgIpc) is 2.42. The lowest BCUT2D eigenvalue weighted by atomic mass is 9.83. The van der Waals surface area contributed by atoms with Crippen molar-refractivity contribution >= 4 is 0 Å². The molecular weight excluding hydrogens is 251 g/mol. The molecule has 1 aliphatic carbocycles. The zero-order valence-corrected chi connectivity index (χ0v) is 11.0. The number of aromatic nitrogens is 2. The third-order valence-corrected chi connectivity index (χ3v) is 4.01. The Balaban J connectivity index is 2.46. The van der Waals surface area contributed by atoms with E-state index in [1.54, 1.807) is 0 Å². The van der Waals surface area contributed by atoms with Crippen LogP contribution in [0.15, 0.2) is 9.59 Å². The molecule has 1 aromatic rings. The van der Waals surface area contributed by atoms with Crippen molar-refractivity contribution in [1.82, 2.24) is 9.55 Å². The van der Waals surface area contributed by atoms with Gasteiger partial charge in [-0.15, -0.1) is 0 Å². The highest BCUT2D eigenvalue weighted by Gasteiger charge is 2.28. The number of halogens is 1. The predicted molar refractivity (Wildman–Crippen MR) is 68.8 cm³/mol. The van der Waals surface area contributed by atoms with Gasteiger partial charge in [-0.05, 0) is 25.2 Å². The smallest absolute Gasteiger partial charge is 0.331 e. The molecule has 1 unspecified atom stereocenters. The van der Waals surface area contributed by atoms with Gasteiger partial charge in [-0.2, -0.15) is 4.39 Å². The van der Waals surface area contributed by atoms with E-state index < -0.39 is 22.9 Å². The Morgan fingerprint density at radius 3 is 2.58 bits per heavy atom. The monoisotopic (exact) mass is 270 g/mol. The summed E-state index contributed by atoms with van der Waals surface area (Å²) in [6.45, 7) is 1.90. The van der Waals surface area contributed by atoms with Crippen molar-refractivity contribution in [3.8, 4) is 5.88 Å². The van der Waals surface area contributed by atoms with Crippen LogP contribution in [0.3, 0.4) is 0 Å². The van der Waals surface area contributed by atoms with Crippen molar-refractivity contribution in [3.05, 3.63) is 26.7 Å². The molecule has 0 aliphatic heterocycles. The molecular formula is C13H19FN2O3. The van der Waals surface area contributed by atoms with Gasteiger partial charge in [0.25, 0.3) is 5.56 Å². The SMILES string of the molecule is CCC(C1CCCCC1)n1c(O)c(F)c(=O)[nH]c1=O. The molecule has 19 heavy (non-hydrogen) atoms. The lowest BCUT2D eigenvalue weighted by Gasteiger charge is -2.31. The van der Waals surface area contributed by atoms with Crippen LogP contribution in [-0.4, -0.2) is 14.7 Å². The van der Waals surface area contributed by atoms with Gasteiger partial charge in [0.15, 0.2) is 0 Å². The molecule has 0 aromatic carbocycles. The van der Waals surface area contributed by atoms with Crippen LogP contribution >= 0.6 is 0 Å². The van der Waals surface area contributed by atoms with Crippen molar-refractivity contribution in [2.45, 2.75) is 51.5 Å². The second-order valence-corrected chi connectivity index (χ2v) is 5.14. The fraction of sp³-hybridized carbons (Fsp3) is 0.692. The minimum Gasteiger partial charge on any atom is -0.492 e. The highest BCUT2D eigenvalue weighted by Crippen LogP contribution is 2.35. The van der Waals surface area contributed by atoms with Gasteiger partial charge in [-0.25, -0.2) is 4.79 Å². The molecule has 5 nitrogen and oxygen atoms in total. The molecule has 0 bridgehead atoms. The minimum atomic E-state index is -1.28. The van der Waals surface area contributed by atoms with Gasteiger partial charge < -0.3 is 5.11 Å². The first kappa shape index (κ1) is 13.8. The fourth-order valence-electron chi connectivity index (χ4n) is 3.07. The molecule has 2 rings (SSSR count). The zero-order chi connectivity index (χ0) is 14.0. The molecule has 106 valence electrons. The van der Waals surface area contributed by atoms with Crippen LogP contribution in [0.5, 0.6) is 5.88 Å². The van der Waals surface area contributed by atoms with Gasteiger partial charge in [-0.1, -0.05) is 26.2 Å². The fourth-order valence-corrected chi connectivity index (χ4v) is 3.07. The first-order valence-corrected chi connectivity index (χ1v) is 6.79. The highest BCUT2D eigenvalue weighted by molar-refractivity contribution is 5.11. The lowest BCUT2D eigenvalue weighted by Crippen LogP contribution is -2.37. The van der Waals surface area contributed by atoms with E-state index in [-0.39, 0.29) is 12.0 Å². The number of nitrogens with zero attached hydrogens (tertiary/aromatic N) is 1. The van der Waals surface area contributed by atoms with Gasteiger partial charge in [0.1, 0.15) is 0 Å². The Hall–Kier alpha value is -1.59. The summed E-state index contributed by atoms with van der Waals surface area (Å²) in [6, 6.07) is -0.265. The number of aromatic hydroxyl groups is 1. The summed E-state index contributed by atoms with van der Waals surface area (Å²) in [5, 5.41) is 9.76. The minimum absolute atomic E-state index is 0.243. The van der Waals surface area contributed by atoms with Crippen molar-refractivity contribution in [1.29, 1.82) is 0 Å². The second-order valence-electron chi connectivity index (χ2n) is 5.14. The van der Waals surface area contributed by atoms with Crippen LogP contribution in [0, 0.1) is 11.7 Å². The molecule has 0 saturated heterocycles. The molecule has 1 aliphatic rings. The number of aromatic amines is 1. The molecule has 0 amide bonds. The summed E-state index contributed by atoms with van der Waals surface area (Å²) in [5.41, 5.74) is -1.90. The van der Waals surface area contributed by atoms with Crippen molar-refractivity contribution in [2.75, 3.05) is 0 Å². The van der Waals surface area contributed by atoms with E-state index in [2.05, 4.69) is 0 Å². The Kier molecular flexibility index (Phi) is 4.07. The van der Waals surface area contributed by atoms with Crippen LogP contribution in [0.25, 0.3) is 0 Å². The molecule has 0 radical (unpaired) electrons. The molecule has 1 atom stereocenters. The van der Waals surface area contributed by atoms with E-state index in [1.165, 1.54) is 6.42 Å². The van der Waals surface area contributed by atoms with Crippen LogP contribution in [0.2, 0.25) is 0 Å². The van der Waals surface area contributed by atoms with E-state index >= 15 is 0 Å². The maximum absolute atomic E-state index is 13.5. The van der Waals surface area contributed by atoms with Crippen molar-refractivity contribution in [2.24, 2.45) is 5.92 Å². The van der Waals surface area contributed by atoms with E-state index in [9.17, 15) is 19.1 Å². The van der Waals surface area contributed by atoms with Gasteiger partial charge in [-0.3, -0.25) is 14.3 Å². The number of rotatable bonds is 3. The highest BCUT2D eigenvalue weighted by atomic mass is 19.1. The quantitative estimate of drug-likeness (QED) is 0.881. The van der Waals surface area contributed by atoms with E-state index in [1.807, 2.05) is 11.9 Å². The standard InChI is InChI=1S/C13H19FN2O3/c1-2-9(8-6-4-3-5-7-8)16-12(18)10(14)11(17)15-13(16)19/h8-9,18H,2-7H2,1H3,(H,15,17,19). The van der Waals surface area contributed by atoms with Crippen molar-refractivity contribution in [3.63, 3.8) is 0 Å². The van der Waals surface area contributed by atoms with E-state index in [0.717, 1.165) is 30.3 Å². The molecule has 1 fully saturated rings. The molecule has 1 aromatic heterocycles. The molecule has 1 heterocycles. The summed E-state index contributed by atoms with van der Waals surface area (Å²) in [5.74, 6) is -1.88. The van der Waals surface area contributed by atoms with Crippen LogP contribution < -0.4 is 11.2 Å². The van der Waals surface area contributed by atoms with Gasteiger partial charge in [0.2, 0.25) is 11.7 Å². The Bertz CT molecular complexity index is 558.